The first kappa shape index (κ1) is 9.40. The molecule has 1 amide bonds. The monoisotopic (exact) mass is 209 g/mol. The fourth-order valence-corrected chi connectivity index (χ4v) is 3.13. The molecule has 3 nitrogen and oxygen atoms in total. The number of nitrogens with zero attached hydrogens (tertiary/aromatic N) is 1. The highest BCUT2D eigenvalue weighted by molar-refractivity contribution is 7.86. The molecule has 0 radical (unpaired) electrons. The molecule has 2 unspecified atom stereocenters. The maximum atomic E-state index is 11.8. The number of carbonyl (C=O) groups excluding carboxylic acids is 1. The first-order valence-electron chi connectivity index (χ1n) is 4.42. The lowest BCUT2D eigenvalue weighted by Gasteiger charge is -2.18. The second-order valence-electron chi connectivity index (χ2n) is 3.25. The van der Waals surface area contributed by atoms with Crippen LogP contribution in [0.5, 0.6) is 0 Å². The predicted molar refractivity (Wildman–Crippen MR) is 55.5 cm³/mol. The summed E-state index contributed by atoms with van der Waals surface area (Å²) in [5.41, 5.74) is 0.783. The van der Waals surface area contributed by atoms with E-state index < -0.39 is 10.8 Å². The van der Waals surface area contributed by atoms with Crippen molar-refractivity contribution in [3.63, 3.8) is 0 Å². The minimum Gasteiger partial charge on any atom is -0.296 e. The highest BCUT2D eigenvalue weighted by atomic mass is 32.2. The van der Waals surface area contributed by atoms with Crippen LogP contribution in [0.3, 0.4) is 0 Å². The van der Waals surface area contributed by atoms with Crippen molar-refractivity contribution in [2.45, 2.75) is 24.1 Å². The molecule has 0 spiro atoms. The van der Waals surface area contributed by atoms with Crippen molar-refractivity contribution in [2.75, 3.05) is 4.90 Å². The molecule has 2 atom stereocenters. The number of hydrogen-bond donors (Lipinski definition) is 0. The molecule has 0 aliphatic carbocycles. The van der Waals surface area contributed by atoms with Gasteiger partial charge in [0.15, 0.2) is 0 Å². The van der Waals surface area contributed by atoms with Gasteiger partial charge in [-0.15, -0.1) is 0 Å². The maximum Gasteiger partial charge on any atom is 0.224 e. The lowest BCUT2D eigenvalue weighted by Crippen LogP contribution is -2.34. The fourth-order valence-electron chi connectivity index (χ4n) is 1.73. The van der Waals surface area contributed by atoms with E-state index in [1.54, 1.807) is 11.8 Å². The van der Waals surface area contributed by atoms with Gasteiger partial charge >= 0.3 is 0 Å². The summed E-state index contributed by atoms with van der Waals surface area (Å²) in [5.74, 6) is -0.0594. The zero-order chi connectivity index (χ0) is 10.3. The van der Waals surface area contributed by atoms with Crippen molar-refractivity contribution in [1.82, 2.24) is 0 Å². The molecule has 14 heavy (non-hydrogen) atoms. The Morgan fingerprint density at radius 2 is 2.07 bits per heavy atom. The molecule has 0 saturated heterocycles. The Morgan fingerprint density at radius 3 is 2.71 bits per heavy atom. The Hall–Kier alpha value is -1.16. The van der Waals surface area contributed by atoms with Gasteiger partial charge in [-0.3, -0.25) is 13.9 Å². The van der Waals surface area contributed by atoms with Crippen LogP contribution in [0.2, 0.25) is 0 Å². The SMILES string of the molecule is CC(=O)N1c2ccccc2S(=O)C1C. The molecule has 0 aromatic heterocycles. The molecular formula is C10H11NO2S. The van der Waals surface area contributed by atoms with Crippen molar-refractivity contribution in [2.24, 2.45) is 0 Å². The number of fused-ring (bicyclic) bond motifs is 1. The van der Waals surface area contributed by atoms with Gasteiger partial charge < -0.3 is 0 Å². The van der Waals surface area contributed by atoms with E-state index in [4.69, 9.17) is 0 Å². The number of benzene rings is 1. The minimum absolute atomic E-state index is 0.0594. The van der Waals surface area contributed by atoms with Crippen molar-refractivity contribution in [3.8, 4) is 0 Å². The summed E-state index contributed by atoms with van der Waals surface area (Å²) >= 11 is 0. The summed E-state index contributed by atoms with van der Waals surface area (Å²) in [6.07, 6.45) is 0. The molecular weight excluding hydrogens is 198 g/mol. The van der Waals surface area contributed by atoms with Crippen LogP contribution in [0.1, 0.15) is 13.8 Å². The van der Waals surface area contributed by atoms with Crippen LogP contribution in [0.15, 0.2) is 29.2 Å². The number of hydrogen-bond acceptors (Lipinski definition) is 2. The Labute approximate surface area is 85.2 Å². The average Bonchev–Trinajstić information content (AvgIpc) is 2.41. The van der Waals surface area contributed by atoms with Gasteiger partial charge in [0.25, 0.3) is 0 Å². The highest BCUT2D eigenvalue weighted by Crippen LogP contribution is 2.35. The van der Waals surface area contributed by atoms with E-state index in [-0.39, 0.29) is 11.3 Å². The first-order valence-corrected chi connectivity index (χ1v) is 5.63. The molecule has 0 N–H and O–H groups in total. The van der Waals surface area contributed by atoms with Gasteiger partial charge in [-0.25, -0.2) is 0 Å². The molecule has 0 saturated carbocycles. The summed E-state index contributed by atoms with van der Waals surface area (Å²) in [7, 11) is -1.09. The standard InChI is InChI=1S/C10H11NO2S/c1-7(12)11-8(2)14(13)10-6-4-3-5-9(10)11/h3-6,8H,1-2H3. The van der Waals surface area contributed by atoms with Gasteiger partial charge in [-0.05, 0) is 19.1 Å². The summed E-state index contributed by atoms with van der Waals surface area (Å²) in [6, 6.07) is 7.33. The van der Waals surface area contributed by atoms with Crippen LogP contribution in [-0.4, -0.2) is 15.5 Å². The topological polar surface area (TPSA) is 37.4 Å². The van der Waals surface area contributed by atoms with Gasteiger partial charge in [0, 0.05) is 6.92 Å². The second kappa shape index (κ2) is 3.20. The maximum absolute atomic E-state index is 11.8. The molecule has 1 aromatic rings. The van der Waals surface area contributed by atoms with Crippen molar-refractivity contribution in [3.05, 3.63) is 24.3 Å². The van der Waals surface area contributed by atoms with Crippen LogP contribution < -0.4 is 4.90 Å². The molecule has 1 aromatic carbocycles. The summed E-state index contributed by atoms with van der Waals surface area (Å²) in [4.78, 5) is 13.7. The molecule has 1 heterocycles. The Kier molecular flexibility index (Phi) is 2.15. The predicted octanol–water partition coefficient (Wildman–Crippen LogP) is 1.51. The lowest BCUT2D eigenvalue weighted by atomic mass is 10.3. The van der Waals surface area contributed by atoms with Gasteiger partial charge in [0.2, 0.25) is 5.91 Å². The highest BCUT2D eigenvalue weighted by Gasteiger charge is 2.34. The number of anilines is 1. The molecule has 2 rings (SSSR count). The molecule has 0 bridgehead atoms. The van der Waals surface area contributed by atoms with E-state index in [1.807, 2.05) is 24.3 Å². The smallest absolute Gasteiger partial charge is 0.224 e. The van der Waals surface area contributed by atoms with Gasteiger partial charge in [-0.2, -0.15) is 0 Å². The van der Waals surface area contributed by atoms with Crippen LogP contribution in [0, 0.1) is 0 Å². The largest absolute Gasteiger partial charge is 0.296 e. The van der Waals surface area contributed by atoms with E-state index in [1.165, 1.54) is 6.92 Å². The lowest BCUT2D eigenvalue weighted by molar-refractivity contribution is -0.116. The summed E-state index contributed by atoms with van der Waals surface area (Å²) in [6.45, 7) is 3.30. The Morgan fingerprint density at radius 1 is 1.43 bits per heavy atom. The Balaban J connectivity index is 2.59. The van der Waals surface area contributed by atoms with E-state index >= 15 is 0 Å². The molecule has 4 heteroatoms. The number of para-hydroxylation sites is 1. The fraction of sp³-hybridized carbons (Fsp3) is 0.300. The molecule has 1 aliphatic rings. The first-order chi connectivity index (χ1) is 6.63. The number of amides is 1. The van der Waals surface area contributed by atoms with Crippen LogP contribution >= 0.6 is 0 Å². The third kappa shape index (κ3) is 1.18. The van der Waals surface area contributed by atoms with Crippen LogP contribution in [0.4, 0.5) is 5.69 Å². The van der Waals surface area contributed by atoms with E-state index in [0.29, 0.717) is 0 Å². The summed E-state index contributed by atoms with van der Waals surface area (Å²) in [5, 5.41) is -0.245. The van der Waals surface area contributed by atoms with E-state index in [2.05, 4.69) is 0 Å². The van der Waals surface area contributed by atoms with E-state index in [0.717, 1.165) is 10.6 Å². The zero-order valence-electron chi connectivity index (χ0n) is 8.06. The van der Waals surface area contributed by atoms with Crippen molar-refractivity contribution in [1.29, 1.82) is 0 Å². The minimum atomic E-state index is -1.09. The van der Waals surface area contributed by atoms with Gasteiger partial charge in [0.05, 0.1) is 21.4 Å². The quantitative estimate of drug-likeness (QED) is 0.649. The average molecular weight is 209 g/mol. The number of rotatable bonds is 0. The van der Waals surface area contributed by atoms with Gasteiger partial charge in [-0.1, -0.05) is 12.1 Å². The molecule has 74 valence electrons. The van der Waals surface area contributed by atoms with Gasteiger partial charge in [0.1, 0.15) is 5.37 Å². The van der Waals surface area contributed by atoms with Crippen molar-refractivity contribution < 1.29 is 9.00 Å². The zero-order valence-corrected chi connectivity index (χ0v) is 8.88. The third-order valence-electron chi connectivity index (χ3n) is 2.35. The van der Waals surface area contributed by atoms with Crippen LogP contribution in [0.25, 0.3) is 0 Å². The third-order valence-corrected chi connectivity index (χ3v) is 3.96. The Bertz CT molecular complexity index is 416. The summed E-state index contributed by atoms with van der Waals surface area (Å²) < 4.78 is 11.8. The van der Waals surface area contributed by atoms with Crippen LogP contribution in [-0.2, 0) is 15.6 Å². The normalized spacial score (nSPS) is 24.9. The van der Waals surface area contributed by atoms with E-state index in [9.17, 15) is 9.00 Å². The molecule has 0 fully saturated rings. The number of carbonyl (C=O) groups is 1. The van der Waals surface area contributed by atoms with Crippen molar-refractivity contribution >= 4 is 22.4 Å². The molecule has 1 aliphatic heterocycles. The second-order valence-corrected chi connectivity index (χ2v) is 4.97.